The second kappa shape index (κ2) is 10.6. The molecule has 1 amide bonds. The number of carbonyl (C=O) groups is 2. The van der Waals surface area contributed by atoms with Crippen molar-refractivity contribution < 1.29 is 23.5 Å². The fourth-order valence-corrected chi connectivity index (χ4v) is 4.30. The standard InChI is InChI=1S/C30H26N2O6/c1-18-19(2)28(33)38-27-15-22(12-13-23(18)27)37-29(34)26(14-21-16-31-25-11-7-6-10-24(21)25)32-30(35)36-17-20-8-4-3-5-9-20/h3-13,15-16,26,31H,14,17H2,1-2H3,(H,32,35)/t26-/m1/s1. The number of nitrogens with one attached hydrogen (secondary N) is 2. The Morgan fingerprint density at radius 3 is 2.53 bits per heavy atom. The molecule has 38 heavy (non-hydrogen) atoms. The molecule has 0 saturated carbocycles. The van der Waals surface area contributed by atoms with Crippen molar-refractivity contribution in [2.24, 2.45) is 0 Å². The third-order valence-electron chi connectivity index (χ3n) is 6.54. The molecule has 5 aromatic rings. The quantitative estimate of drug-likeness (QED) is 0.174. The Hall–Kier alpha value is -4.85. The molecule has 192 valence electrons. The number of ether oxygens (including phenoxy) is 2. The van der Waals surface area contributed by atoms with Gasteiger partial charge in [-0.2, -0.15) is 0 Å². The van der Waals surface area contributed by atoms with Crippen molar-refractivity contribution in [1.29, 1.82) is 0 Å². The van der Waals surface area contributed by atoms with Gasteiger partial charge in [-0.15, -0.1) is 0 Å². The maximum atomic E-state index is 13.3. The molecule has 0 saturated heterocycles. The average Bonchev–Trinajstić information content (AvgIpc) is 3.33. The van der Waals surface area contributed by atoms with Crippen molar-refractivity contribution >= 4 is 33.9 Å². The van der Waals surface area contributed by atoms with Crippen LogP contribution in [0.3, 0.4) is 0 Å². The summed E-state index contributed by atoms with van der Waals surface area (Å²) < 4.78 is 16.4. The number of carbonyl (C=O) groups excluding carboxylic acids is 2. The van der Waals surface area contributed by atoms with Crippen LogP contribution < -0.4 is 15.7 Å². The number of amides is 1. The molecule has 8 heteroatoms. The lowest BCUT2D eigenvalue weighted by Gasteiger charge is -2.18. The lowest BCUT2D eigenvalue weighted by atomic mass is 10.0. The minimum Gasteiger partial charge on any atom is -0.445 e. The first kappa shape index (κ1) is 24.8. The predicted octanol–water partition coefficient (Wildman–Crippen LogP) is 5.33. The Bertz CT molecular complexity index is 1690. The monoisotopic (exact) mass is 510 g/mol. The lowest BCUT2D eigenvalue weighted by molar-refractivity contribution is -0.136. The Labute approximate surface area is 218 Å². The number of hydrogen-bond donors (Lipinski definition) is 2. The molecular formula is C30H26N2O6. The summed E-state index contributed by atoms with van der Waals surface area (Å²) in [5.41, 5.74) is 3.76. The highest BCUT2D eigenvalue weighted by Gasteiger charge is 2.26. The molecule has 8 nitrogen and oxygen atoms in total. The number of aromatic amines is 1. The Morgan fingerprint density at radius 2 is 1.71 bits per heavy atom. The molecule has 0 aliphatic heterocycles. The second-order valence-corrected chi connectivity index (χ2v) is 9.04. The minimum atomic E-state index is -1.04. The first-order valence-corrected chi connectivity index (χ1v) is 12.2. The molecule has 0 unspecified atom stereocenters. The first-order valence-electron chi connectivity index (χ1n) is 12.2. The molecule has 5 rings (SSSR count). The van der Waals surface area contributed by atoms with Crippen LogP contribution in [0.5, 0.6) is 5.75 Å². The topological polar surface area (TPSA) is 111 Å². The van der Waals surface area contributed by atoms with Crippen molar-refractivity contribution in [2.45, 2.75) is 32.9 Å². The molecular weight excluding hydrogens is 484 g/mol. The number of para-hydroxylation sites is 1. The summed E-state index contributed by atoms with van der Waals surface area (Å²) in [6, 6.07) is 20.8. The maximum absolute atomic E-state index is 13.3. The Morgan fingerprint density at radius 1 is 0.947 bits per heavy atom. The van der Waals surface area contributed by atoms with E-state index < -0.39 is 23.7 Å². The van der Waals surface area contributed by atoms with Gasteiger partial charge in [0.15, 0.2) is 0 Å². The molecule has 2 heterocycles. The van der Waals surface area contributed by atoms with Gasteiger partial charge in [-0.3, -0.25) is 0 Å². The fourth-order valence-electron chi connectivity index (χ4n) is 4.30. The largest absolute Gasteiger partial charge is 0.445 e. The normalized spacial score (nSPS) is 11.8. The van der Waals surface area contributed by atoms with Crippen LogP contribution in [0.25, 0.3) is 21.9 Å². The number of fused-ring (bicyclic) bond motifs is 2. The number of esters is 1. The third kappa shape index (κ3) is 5.29. The Balaban J connectivity index is 1.37. The van der Waals surface area contributed by atoms with E-state index in [0.717, 1.165) is 33.0 Å². The summed E-state index contributed by atoms with van der Waals surface area (Å²) >= 11 is 0. The van der Waals surface area contributed by atoms with E-state index in [9.17, 15) is 14.4 Å². The van der Waals surface area contributed by atoms with Gasteiger partial charge in [0.05, 0.1) is 0 Å². The van der Waals surface area contributed by atoms with Crippen LogP contribution in [0.2, 0.25) is 0 Å². The molecule has 0 radical (unpaired) electrons. The zero-order chi connectivity index (χ0) is 26.6. The van der Waals surface area contributed by atoms with Gasteiger partial charge in [-0.1, -0.05) is 48.5 Å². The number of alkyl carbamates (subject to hydrolysis) is 1. The van der Waals surface area contributed by atoms with E-state index in [2.05, 4.69) is 10.3 Å². The highest BCUT2D eigenvalue weighted by Crippen LogP contribution is 2.25. The molecule has 0 spiro atoms. The summed E-state index contributed by atoms with van der Waals surface area (Å²) in [5, 5.41) is 4.33. The maximum Gasteiger partial charge on any atom is 0.408 e. The SMILES string of the molecule is Cc1c(C)c2ccc(OC(=O)[C@@H](Cc3c[nH]c4ccccc34)NC(=O)OCc3ccccc3)cc2oc1=O. The third-order valence-corrected chi connectivity index (χ3v) is 6.54. The highest BCUT2D eigenvalue weighted by molar-refractivity contribution is 5.88. The van der Waals surface area contributed by atoms with E-state index in [4.69, 9.17) is 13.9 Å². The summed E-state index contributed by atoms with van der Waals surface area (Å²) in [5.74, 6) is -0.491. The molecule has 0 aliphatic rings. The predicted molar refractivity (Wildman–Crippen MR) is 143 cm³/mol. The van der Waals surface area contributed by atoms with Crippen LogP contribution in [-0.4, -0.2) is 23.1 Å². The van der Waals surface area contributed by atoms with E-state index >= 15 is 0 Å². The van der Waals surface area contributed by atoms with Gasteiger partial charge in [-0.05, 0) is 48.7 Å². The van der Waals surface area contributed by atoms with Crippen LogP contribution >= 0.6 is 0 Å². The van der Waals surface area contributed by atoms with Crippen LogP contribution in [0.1, 0.15) is 22.3 Å². The summed E-state index contributed by atoms with van der Waals surface area (Å²) in [6.07, 6.45) is 1.23. The van der Waals surface area contributed by atoms with E-state index in [1.54, 1.807) is 25.3 Å². The zero-order valence-electron chi connectivity index (χ0n) is 20.9. The van der Waals surface area contributed by atoms with Crippen molar-refractivity contribution in [3.05, 3.63) is 112 Å². The summed E-state index contributed by atoms with van der Waals surface area (Å²) in [7, 11) is 0. The molecule has 3 aromatic carbocycles. The minimum absolute atomic E-state index is 0.0595. The zero-order valence-corrected chi connectivity index (χ0v) is 20.9. The lowest BCUT2D eigenvalue weighted by Crippen LogP contribution is -2.44. The van der Waals surface area contributed by atoms with Gasteiger partial charge >= 0.3 is 17.7 Å². The van der Waals surface area contributed by atoms with Crippen LogP contribution in [0, 0.1) is 13.8 Å². The van der Waals surface area contributed by atoms with Crippen molar-refractivity contribution in [1.82, 2.24) is 10.3 Å². The molecule has 1 atom stereocenters. The van der Waals surface area contributed by atoms with Crippen molar-refractivity contribution in [3.8, 4) is 5.75 Å². The van der Waals surface area contributed by atoms with Crippen LogP contribution in [-0.2, 0) is 22.6 Å². The summed E-state index contributed by atoms with van der Waals surface area (Å²) in [6.45, 7) is 3.60. The number of aryl methyl sites for hydroxylation is 1. The van der Waals surface area contributed by atoms with E-state index in [0.29, 0.717) is 11.1 Å². The van der Waals surface area contributed by atoms with Crippen LogP contribution in [0.15, 0.2) is 88.2 Å². The highest BCUT2D eigenvalue weighted by atomic mass is 16.6. The number of H-pyrrole nitrogens is 1. The molecule has 0 aliphatic carbocycles. The number of aromatic nitrogens is 1. The van der Waals surface area contributed by atoms with E-state index in [1.807, 2.05) is 61.5 Å². The van der Waals surface area contributed by atoms with Gasteiger partial charge in [0, 0.05) is 40.5 Å². The van der Waals surface area contributed by atoms with Crippen molar-refractivity contribution in [2.75, 3.05) is 0 Å². The number of rotatable bonds is 7. The van der Waals surface area contributed by atoms with Gasteiger partial charge < -0.3 is 24.2 Å². The van der Waals surface area contributed by atoms with Gasteiger partial charge in [0.2, 0.25) is 0 Å². The molecule has 0 fully saturated rings. The van der Waals surface area contributed by atoms with Crippen LogP contribution in [0.4, 0.5) is 4.79 Å². The molecule has 2 N–H and O–H groups in total. The fraction of sp³-hybridized carbons (Fsp3) is 0.167. The number of benzene rings is 3. The van der Waals surface area contributed by atoms with Gasteiger partial charge in [0.1, 0.15) is 24.0 Å². The summed E-state index contributed by atoms with van der Waals surface area (Å²) in [4.78, 5) is 41.3. The van der Waals surface area contributed by atoms with E-state index in [1.165, 1.54) is 6.07 Å². The van der Waals surface area contributed by atoms with Gasteiger partial charge in [0.25, 0.3) is 0 Å². The average molecular weight is 511 g/mol. The van der Waals surface area contributed by atoms with E-state index in [-0.39, 0.29) is 18.8 Å². The van der Waals surface area contributed by atoms with Crippen molar-refractivity contribution in [3.63, 3.8) is 0 Å². The first-order chi connectivity index (χ1) is 18.4. The second-order valence-electron chi connectivity index (χ2n) is 9.04. The smallest absolute Gasteiger partial charge is 0.408 e. The Kier molecular flexibility index (Phi) is 6.95. The molecule has 0 bridgehead atoms. The molecule has 2 aromatic heterocycles. The van der Waals surface area contributed by atoms with Gasteiger partial charge in [-0.25, -0.2) is 14.4 Å². The number of hydrogen-bond acceptors (Lipinski definition) is 6.